The molecule has 1 aliphatic rings. The lowest BCUT2D eigenvalue weighted by atomic mass is 10.0. The van der Waals surface area contributed by atoms with Crippen LogP contribution in [0.1, 0.15) is 20.3 Å². The van der Waals surface area contributed by atoms with Crippen molar-refractivity contribution >= 4 is 11.4 Å². The third-order valence-electron chi connectivity index (χ3n) is 2.88. The molecule has 1 heterocycles. The number of benzene rings is 1. The molecule has 1 aliphatic heterocycles. The lowest BCUT2D eigenvalue weighted by Crippen LogP contribution is -2.33. The molecule has 16 heavy (non-hydrogen) atoms. The van der Waals surface area contributed by atoms with Crippen molar-refractivity contribution in [2.75, 3.05) is 24.3 Å². The molecule has 0 radical (unpaired) electrons. The van der Waals surface area contributed by atoms with Crippen LogP contribution in [0.3, 0.4) is 0 Å². The van der Waals surface area contributed by atoms with Crippen LogP contribution in [0.5, 0.6) is 5.75 Å². The van der Waals surface area contributed by atoms with Crippen LogP contribution in [0.25, 0.3) is 0 Å². The van der Waals surface area contributed by atoms with Gasteiger partial charge in [0.05, 0.1) is 18.5 Å². The second kappa shape index (κ2) is 4.64. The number of methoxy groups -OCH3 is 1. The molecule has 0 fully saturated rings. The maximum absolute atomic E-state index is 5.20. The summed E-state index contributed by atoms with van der Waals surface area (Å²) in [4.78, 5) is 0. The van der Waals surface area contributed by atoms with Crippen molar-refractivity contribution in [1.29, 1.82) is 0 Å². The molecule has 0 aliphatic carbocycles. The Balaban J connectivity index is 2.09. The molecule has 1 unspecified atom stereocenters. The van der Waals surface area contributed by atoms with Crippen LogP contribution in [0.15, 0.2) is 18.2 Å². The number of fused-ring (bicyclic) bond motifs is 1. The summed E-state index contributed by atoms with van der Waals surface area (Å²) in [6, 6.07) is 6.63. The molecule has 0 saturated carbocycles. The summed E-state index contributed by atoms with van der Waals surface area (Å²) >= 11 is 0. The molecule has 3 heteroatoms. The molecule has 1 aromatic carbocycles. The van der Waals surface area contributed by atoms with E-state index in [1.807, 2.05) is 12.1 Å². The Kier molecular flexibility index (Phi) is 3.22. The fourth-order valence-electron chi connectivity index (χ4n) is 2.14. The SMILES string of the molecule is COc1ccc2c(c1)NCC(CC(C)C)N2. The lowest BCUT2D eigenvalue weighted by Gasteiger charge is -2.29. The molecule has 0 bridgehead atoms. The van der Waals surface area contributed by atoms with E-state index in [1.165, 1.54) is 12.1 Å². The molecular weight excluding hydrogens is 200 g/mol. The van der Waals surface area contributed by atoms with Crippen LogP contribution in [0, 0.1) is 5.92 Å². The molecule has 2 rings (SSSR count). The summed E-state index contributed by atoms with van der Waals surface area (Å²) < 4.78 is 5.20. The first-order valence-electron chi connectivity index (χ1n) is 5.87. The predicted octanol–water partition coefficient (Wildman–Crippen LogP) is 2.95. The first kappa shape index (κ1) is 11.1. The van der Waals surface area contributed by atoms with E-state index in [9.17, 15) is 0 Å². The zero-order valence-electron chi connectivity index (χ0n) is 10.2. The third-order valence-corrected chi connectivity index (χ3v) is 2.88. The van der Waals surface area contributed by atoms with E-state index in [4.69, 9.17) is 4.74 Å². The van der Waals surface area contributed by atoms with Crippen LogP contribution in [-0.2, 0) is 0 Å². The summed E-state index contributed by atoms with van der Waals surface area (Å²) in [7, 11) is 1.69. The van der Waals surface area contributed by atoms with Gasteiger partial charge in [0.1, 0.15) is 5.75 Å². The predicted molar refractivity (Wildman–Crippen MR) is 68.3 cm³/mol. The minimum absolute atomic E-state index is 0.529. The van der Waals surface area contributed by atoms with Gasteiger partial charge in [0.25, 0.3) is 0 Å². The highest BCUT2D eigenvalue weighted by molar-refractivity contribution is 5.73. The third kappa shape index (κ3) is 2.40. The van der Waals surface area contributed by atoms with E-state index < -0.39 is 0 Å². The number of ether oxygens (including phenoxy) is 1. The Morgan fingerprint density at radius 2 is 2.19 bits per heavy atom. The highest BCUT2D eigenvalue weighted by atomic mass is 16.5. The van der Waals surface area contributed by atoms with Gasteiger partial charge in [-0.1, -0.05) is 13.8 Å². The minimum Gasteiger partial charge on any atom is -0.497 e. The van der Waals surface area contributed by atoms with E-state index in [0.717, 1.165) is 23.9 Å². The Morgan fingerprint density at radius 1 is 1.38 bits per heavy atom. The molecular formula is C13H20N2O. The summed E-state index contributed by atoms with van der Waals surface area (Å²) in [5.74, 6) is 1.62. The van der Waals surface area contributed by atoms with E-state index in [-0.39, 0.29) is 0 Å². The van der Waals surface area contributed by atoms with Gasteiger partial charge in [-0.05, 0) is 24.5 Å². The smallest absolute Gasteiger partial charge is 0.121 e. The Morgan fingerprint density at radius 3 is 2.88 bits per heavy atom. The minimum atomic E-state index is 0.529. The van der Waals surface area contributed by atoms with Gasteiger partial charge in [-0.2, -0.15) is 0 Å². The maximum Gasteiger partial charge on any atom is 0.121 e. The van der Waals surface area contributed by atoms with Crippen molar-refractivity contribution in [3.63, 3.8) is 0 Å². The zero-order valence-corrected chi connectivity index (χ0v) is 10.2. The molecule has 3 nitrogen and oxygen atoms in total. The second-order valence-corrected chi connectivity index (χ2v) is 4.76. The quantitative estimate of drug-likeness (QED) is 0.821. The number of anilines is 2. The summed E-state index contributed by atoms with van der Waals surface area (Å²) in [5, 5.41) is 7.01. The summed E-state index contributed by atoms with van der Waals surface area (Å²) in [6.45, 7) is 5.49. The van der Waals surface area contributed by atoms with Gasteiger partial charge in [0.15, 0.2) is 0 Å². The van der Waals surface area contributed by atoms with Crippen molar-refractivity contribution in [2.24, 2.45) is 5.92 Å². The molecule has 0 amide bonds. The average Bonchev–Trinajstić information content (AvgIpc) is 2.27. The molecule has 1 aromatic rings. The van der Waals surface area contributed by atoms with Crippen LogP contribution in [0.2, 0.25) is 0 Å². The Bertz CT molecular complexity index is 363. The van der Waals surface area contributed by atoms with E-state index in [0.29, 0.717) is 6.04 Å². The summed E-state index contributed by atoms with van der Waals surface area (Å²) in [5.41, 5.74) is 2.32. The van der Waals surface area contributed by atoms with Crippen molar-refractivity contribution in [3.05, 3.63) is 18.2 Å². The monoisotopic (exact) mass is 220 g/mol. The molecule has 0 aromatic heterocycles. The molecule has 0 spiro atoms. The molecule has 88 valence electrons. The van der Waals surface area contributed by atoms with Crippen molar-refractivity contribution in [2.45, 2.75) is 26.3 Å². The summed E-state index contributed by atoms with van der Waals surface area (Å²) in [6.07, 6.45) is 1.19. The highest BCUT2D eigenvalue weighted by Crippen LogP contribution is 2.31. The standard InChI is InChI=1S/C13H20N2O/c1-9(2)6-10-8-14-13-7-11(16-3)4-5-12(13)15-10/h4-5,7,9-10,14-15H,6,8H2,1-3H3. The van der Waals surface area contributed by atoms with Gasteiger partial charge in [0.2, 0.25) is 0 Å². The number of nitrogens with one attached hydrogen (secondary N) is 2. The first-order chi connectivity index (χ1) is 7.69. The first-order valence-corrected chi connectivity index (χ1v) is 5.87. The Labute approximate surface area is 97.2 Å². The van der Waals surface area contributed by atoms with Crippen LogP contribution < -0.4 is 15.4 Å². The van der Waals surface area contributed by atoms with Gasteiger partial charge in [-0.3, -0.25) is 0 Å². The van der Waals surface area contributed by atoms with Gasteiger partial charge < -0.3 is 15.4 Å². The fraction of sp³-hybridized carbons (Fsp3) is 0.538. The topological polar surface area (TPSA) is 33.3 Å². The normalized spacial score (nSPS) is 18.6. The van der Waals surface area contributed by atoms with E-state index >= 15 is 0 Å². The largest absolute Gasteiger partial charge is 0.497 e. The molecule has 0 saturated heterocycles. The Hall–Kier alpha value is -1.38. The highest BCUT2D eigenvalue weighted by Gasteiger charge is 2.18. The van der Waals surface area contributed by atoms with Crippen molar-refractivity contribution < 1.29 is 4.74 Å². The average molecular weight is 220 g/mol. The van der Waals surface area contributed by atoms with Gasteiger partial charge >= 0.3 is 0 Å². The van der Waals surface area contributed by atoms with Gasteiger partial charge in [-0.25, -0.2) is 0 Å². The zero-order chi connectivity index (χ0) is 11.5. The maximum atomic E-state index is 5.20. The van der Waals surface area contributed by atoms with Crippen LogP contribution in [0.4, 0.5) is 11.4 Å². The van der Waals surface area contributed by atoms with E-state index in [1.54, 1.807) is 7.11 Å². The molecule has 2 N–H and O–H groups in total. The van der Waals surface area contributed by atoms with Crippen LogP contribution in [-0.4, -0.2) is 19.7 Å². The van der Waals surface area contributed by atoms with E-state index in [2.05, 4.69) is 30.5 Å². The number of rotatable bonds is 3. The molecule has 1 atom stereocenters. The van der Waals surface area contributed by atoms with Gasteiger partial charge in [0, 0.05) is 18.7 Å². The van der Waals surface area contributed by atoms with Crippen molar-refractivity contribution in [3.8, 4) is 5.75 Å². The number of hydrogen-bond donors (Lipinski definition) is 2. The number of hydrogen-bond acceptors (Lipinski definition) is 3. The van der Waals surface area contributed by atoms with Gasteiger partial charge in [-0.15, -0.1) is 0 Å². The lowest BCUT2D eigenvalue weighted by molar-refractivity contribution is 0.415. The van der Waals surface area contributed by atoms with Crippen LogP contribution >= 0.6 is 0 Å². The second-order valence-electron chi connectivity index (χ2n) is 4.76. The van der Waals surface area contributed by atoms with Crippen molar-refractivity contribution in [1.82, 2.24) is 0 Å². The fourth-order valence-corrected chi connectivity index (χ4v) is 2.14.